The number of rotatable bonds is 8. The predicted octanol–water partition coefficient (Wildman–Crippen LogP) is 0.227. The first kappa shape index (κ1) is 14.8. The second kappa shape index (κ2) is 7.16. The lowest BCUT2D eigenvalue weighted by atomic mass is 10.0. The first-order valence-electron chi connectivity index (χ1n) is 5.24. The molecule has 0 rings (SSSR count). The van der Waals surface area contributed by atoms with Crippen molar-refractivity contribution in [2.45, 2.75) is 32.7 Å². The molecule has 6 heteroatoms. The van der Waals surface area contributed by atoms with Crippen LogP contribution < -0.4 is 11.1 Å². The Hall–Kier alpha value is -0.170. The minimum Gasteiger partial charge on any atom is -0.327 e. The highest BCUT2D eigenvalue weighted by atomic mass is 32.2. The van der Waals surface area contributed by atoms with Gasteiger partial charge in [-0.2, -0.15) is 8.42 Å². The summed E-state index contributed by atoms with van der Waals surface area (Å²) in [5, 5.41) is 3.09. The summed E-state index contributed by atoms with van der Waals surface area (Å²) in [6.45, 7) is 5.52. The van der Waals surface area contributed by atoms with Gasteiger partial charge in [0.2, 0.25) is 0 Å². The Morgan fingerprint density at radius 3 is 2.40 bits per heavy atom. The number of hydrogen-bond donors (Lipinski definition) is 3. The van der Waals surface area contributed by atoms with E-state index in [1.54, 1.807) is 0 Å². The normalized spacial score (nSPS) is 14.5. The highest BCUT2D eigenvalue weighted by molar-refractivity contribution is 7.85. The van der Waals surface area contributed by atoms with Crippen LogP contribution >= 0.6 is 0 Å². The van der Waals surface area contributed by atoms with Gasteiger partial charge in [0.05, 0.1) is 5.75 Å². The summed E-state index contributed by atoms with van der Waals surface area (Å²) in [5.41, 5.74) is 5.82. The summed E-state index contributed by atoms with van der Waals surface area (Å²) >= 11 is 0. The third-order valence-corrected chi connectivity index (χ3v) is 3.07. The van der Waals surface area contributed by atoms with Crippen LogP contribution in [-0.4, -0.2) is 37.9 Å². The van der Waals surface area contributed by atoms with Crippen molar-refractivity contribution < 1.29 is 13.0 Å². The largest absolute Gasteiger partial charge is 0.327 e. The van der Waals surface area contributed by atoms with E-state index in [1.165, 1.54) is 0 Å². The molecule has 0 amide bonds. The van der Waals surface area contributed by atoms with E-state index < -0.39 is 10.1 Å². The zero-order valence-electron chi connectivity index (χ0n) is 9.44. The Morgan fingerprint density at radius 1 is 1.33 bits per heavy atom. The molecule has 0 aromatic carbocycles. The summed E-state index contributed by atoms with van der Waals surface area (Å²) in [6.07, 6.45) is 1.30. The summed E-state index contributed by atoms with van der Waals surface area (Å²) < 4.78 is 29.2. The van der Waals surface area contributed by atoms with E-state index in [2.05, 4.69) is 19.2 Å². The minimum atomic E-state index is -3.81. The van der Waals surface area contributed by atoms with Crippen molar-refractivity contribution in [3.05, 3.63) is 0 Å². The average Bonchev–Trinajstić information content (AvgIpc) is 2.08. The lowest BCUT2D eigenvalue weighted by molar-refractivity contribution is 0.448. The molecule has 0 aromatic heterocycles. The van der Waals surface area contributed by atoms with Gasteiger partial charge in [0.25, 0.3) is 10.1 Å². The fourth-order valence-corrected chi connectivity index (χ4v) is 1.62. The van der Waals surface area contributed by atoms with Crippen molar-refractivity contribution in [3.63, 3.8) is 0 Å². The molecule has 0 heterocycles. The van der Waals surface area contributed by atoms with Crippen LogP contribution in [0.1, 0.15) is 26.7 Å². The van der Waals surface area contributed by atoms with E-state index in [4.69, 9.17) is 10.3 Å². The van der Waals surface area contributed by atoms with E-state index in [0.717, 1.165) is 13.0 Å². The van der Waals surface area contributed by atoms with Gasteiger partial charge in [0, 0.05) is 6.04 Å². The van der Waals surface area contributed by atoms with Gasteiger partial charge in [-0.1, -0.05) is 13.8 Å². The summed E-state index contributed by atoms with van der Waals surface area (Å²) in [5.74, 6) is 0.278. The average molecular weight is 238 g/mol. The molecule has 4 N–H and O–H groups in total. The molecule has 0 aliphatic carbocycles. The molecule has 0 spiro atoms. The maximum atomic E-state index is 10.4. The molecule has 0 bridgehead atoms. The molecular formula is C9H22N2O3S. The predicted molar refractivity (Wildman–Crippen MR) is 61.3 cm³/mol. The Morgan fingerprint density at radius 2 is 1.93 bits per heavy atom. The maximum Gasteiger partial charge on any atom is 0.264 e. The van der Waals surface area contributed by atoms with Crippen molar-refractivity contribution in [3.8, 4) is 0 Å². The zero-order chi connectivity index (χ0) is 11.9. The summed E-state index contributed by atoms with van der Waals surface area (Å²) in [6, 6.07) is 0.180. The smallest absolute Gasteiger partial charge is 0.264 e. The zero-order valence-corrected chi connectivity index (χ0v) is 10.3. The molecule has 0 unspecified atom stereocenters. The van der Waals surface area contributed by atoms with Gasteiger partial charge in [0.15, 0.2) is 0 Å². The van der Waals surface area contributed by atoms with Crippen LogP contribution in [0.5, 0.6) is 0 Å². The molecule has 0 aliphatic rings. The minimum absolute atomic E-state index is 0.180. The fraction of sp³-hybridized carbons (Fsp3) is 1.00. The van der Waals surface area contributed by atoms with Gasteiger partial charge in [-0.15, -0.1) is 0 Å². The summed E-state index contributed by atoms with van der Waals surface area (Å²) in [7, 11) is -3.81. The molecule has 5 nitrogen and oxygen atoms in total. The van der Waals surface area contributed by atoms with Crippen LogP contribution in [-0.2, 0) is 10.1 Å². The van der Waals surface area contributed by atoms with Crippen LogP contribution in [0.25, 0.3) is 0 Å². The third-order valence-electron chi connectivity index (χ3n) is 2.27. The van der Waals surface area contributed by atoms with E-state index >= 15 is 0 Å². The first-order valence-corrected chi connectivity index (χ1v) is 6.85. The van der Waals surface area contributed by atoms with Crippen LogP contribution in [0.4, 0.5) is 0 Å². The van der Waals surface area contributed by atoms with Crippen LogP contribution in [0.2, 0.25) is 0 Å². The highest BCUT2D eigenvalue weighted by Crippen LogP contribution is 2.01. The monoisotopic (exact) mass is 238 g/mol. The Bertz CT molecular complexity index is 252. The van der Waals surface area contributed by atoms with Gasteiger partial charge in [-0.05, 0) is 31.8 Å². The lowest BCUT2D eigenvalue weighted by Crippen LogP contribution is -2.31. The molecular weight excluding hydrogens is 216 g/mol. The fourth-order valence-electron chi connectivity index (χ4n) is 1.11. The molecule has 1 atom stereocenters. The third kappa shape index (κ3) is 10.1. The summed E-state index contributed by atoms with van der Waals surface area (Å²) in [4.78, 5) is 0. The molecule has 15 heavy (non-hydrogen) atoms. The van der Waals surface area contributed by atoms with E-state index in [0.29, 0.717) is 18.9 Å². The Balaban J connectivity index is 3.33. The molecule has 0 aromatic rings. The molecule has 0 saturated heterocycles. The van der Waals surface area contributed by atoms with Crippen LogP contribution in [0.3, 0.4) is 0 Å². The first-order chi connectivity index (χ1) is 6.83. The Labute approximate surface area is 92.2 Å². The van der Waals surface area contributed by atoms with Crippen LogP contribution in [0.15, 0.2) is 0 Å². The van der Waals surface area contributed by atoms with Crippen molar-refractivity contribution in [2.24, 2.45) is 11.7 Å². The van der Waals surface area contributed by atoms with Gasteiger partial charge < -0.3 is 11.1 Å². The second-order valence-electron chi connectivity index (χ2n) is 4.09. The van der Waals surface area contributed by atoms with Gasteiger partial charge >= 0.3 is 0 Å². The highest BCUT2D eigenvalue weighted by Gasteiger charge is 2.06. The molecule has 92 valence electrons. The standard InChI is InChI=1S/C9H22N2O3S/c1-8(2)9(10)4-6-11-5-3-7-15(12,13)14/h8-9,11H,3-7,10H2,1-2H3,(H,12,13,14)/t9-/m1/s1. The van der Waals surface area contributed by atoms with Crippen molar-refractivity contribution in [1.82, 2.24) is 5.32 Å². The van der Waals surface area contributed by atoms with Crippen molar-refractivity contribution in [2.75, 3.05) is 18.8 Å². The number of nitrogens with two attached hydrogens (primary N) is 1. The Kier molecular flexibility index (Phi) is 7.08. The molecule has 0 saturated carbocycles. The van der Waals surface area contributed by atoms with Gasteiger partial charge in [-0.3, -0.25) is 4.55 Å². The molecule has 0 radical (unpaired) electrons. The molecule has 0 aliphatic heterocycles. The topological polar surface area (TPSA) is 92.4 Å². The number of hydrogen-bond acceptors (Lipinski definition) is 4. The molecule has 0 fully saturated rings. The van der Waals surface area contributed by atoms with Gasteiger partial charge in [0.1, 0.15) is 0 Å². The van der Waals surface area contributed by atoms with Crippen molar-refractivity contribution >= 4 is 10.1 Å². The SMILES string of the molecule is CC(C)[C@H](N)CCNCCCS(=O)(=O)O. The number of nitrogens with one attached hydrogen (secondary N) is 1. The lowest BCUT2D eigenvalue weighted by Gasteiger charge is -2.15. The van der Waals surface area contributed by atoms with E-state index in [1.807, 2.05) is 0 Å². The van der Waals surface area contributed by atoms with Crippen LogP contribution in [0, 0.1) is 5.92 Å². The van der Waals surface area contributed by atoms with Gasteiger partial charge in [-0.25, -0.2) is 0 Å². The van der Waals surface area contributed by atoms with Crippen molar-refractivity contribution in [1.29, 1.82) is 0 Å². The quantitative estimate of drug-likeness (QED) is 0.416. The van der Waals surface area contributed by atoms with E-state index in [-0.39, 0.29) is 11.8 Å². The second-order valence-corrected chi connectivity index (χ2v) is 5.66. The maximum absolute atomic E-state index is 10.4. The van der Waals surface area contributed by atoms with E-state index in [9.17, 15) is 8.42 Å².